The summed E-state index contributed by atoms with van der Waals surface area (Å²) in [6, 6.07) is 4.09. The second kappa shape index (κ2) is 5.54. The maximum atomic E-state index is 9.90. The predicted molar refractivity (Wildman–Crippen MR) is 55.1 cm³/mol. The molecule has 1 unspecified atom stereocenters. The molecule has 0 amide bonds. The minimum atomic E-state index is 0.186. The molecule has 0 saturated carbocycles. The summed E-state index contributed by atoms with van der Waals surface area (Å²) in [7, 11) is 0. The van der Waals surface area contributed by atoms with Gasteiger partial charge in [-0.15, -0.1) is 0 Å². The molecule has 14 heavy (non-hydrogen) atoms. The Morgan fingerprint density at radius 3 is 2.86 bits per heavy atom. The van der Waals surface area contributed by atoms with E-state index < -0.39 is 0 Å². The van der Waals surface area contributed by atoms with Gasteiger partial charge >= 0.3 is 0 Å². The van der Waals surface area contributed by atoms with Crippen LogP contribution in [0.3, 0.4) is 0 Å². The highest BCUT2D eigenvalue weighted by molar-refractivity contribution is 5.09. The van der Waals surface area contributed by atoms with Crippen LogP contribution >= 0.6 is 0 Å². The van der Waals surface area contributed by atoms with Gasteiger partial charge in [0, 0.05) is 6.54 Å². The van der Waals surface area contributed by atoms with Crippen molar-refractivity contribution in [2.75, 3.05) is 13.1 Å². The van der Waals surface area contributed by atoms with Crippen molar-refractivity contribution in [3.05, 3.63) is 28.6 Å². The van der Waals surface area contributed by atoms with E-state index in [1.807, 2.05) is 19.1 Å². The number of rotatable bonds is 6. The average molecular weight is 196 g/mol. The lowest BCUT2D eigenvalue weighted by Gasteiger charge is -2.12. The van der Waals surface area contributed by atoms with Gasteiger partial charge < -0.3 is 9.73 Å². The SMILES string of the molecule is CCC(NCCN=O)c1ccc(C)o1. The minimum Gasteiger partial charge on any atom is -0.465 e. The molecule has 0 spiro atoms. The van der Waals surface area contributed by atoms with Crippen LogP contribution in [0, 0.1) is 11.8 Å². The fourth-order valence-electron chi connectivity index (χ4n) is 1.37. The van der Waals surface area contributed by atoms with Gasteiger partial charge in [0.2, 0.25) is 0 Å². The van der Waals surface area contributed by atoms with Crippen molar-refractivity contribution in [1.82, 2.24) is 5.32 Å². The molecule has 0 bridgehead atoms. The molecule has 1 aromatic rings. The minimum absolute atomic E-state index is 0.186. The highest BCUT2D eigenvalue weighted by atomic mass is 16.3. The van der Waals surface area contributed by atoms with E-state index in [1.54, 1.807) is 0 Å². The molecule has 0 fully saturated rings. The van der Waals surface area contributed by atoms with Gasteiger partial charge in [0.25, 0.3) is 0 Å². The molecular formula is C10H16N2O2. The molecule has 1 rings (SSSR count). The first kappa shape index (κ1) is 10.9. The third-order valence-corrected chi connectivity index (χ3v) is 2.11. The fraction of sp³-hybridized carbons (Fsp3) is 0.600. The third-order valence-electron chi connectivity index (χ3n) is 2.11. The van der Waals surface area contributed by atoms with Crippen LogP contribution in [0.1, 0.15) is 30.9 Å². The van der Waals surface area contributed by atoms with E-state index in [0.717, 1.165) is 17.9 Å². The van der Waals surface area contributed by atoms with E-state index in [2.05, 4.69) is 17.4 Å². The number of hydrogen-bond acceptors (Lipinski definition) is 4. The quantitative estimate of drug-likeness (QED) is 0.561. The van der Waals surface area contributed by atoms with E-state index in [9.17, 15) is 4.91 Å². The summed E-state index contributed by atoms with van der Waals surface area (Å²) < 4.78 is 5.50. The molecule has 0 aliphatic carbocycles. The molecular weight excluding hydrogens is 180 g/mol. The zero-order valence-electron chi connectivity index (χ0n) is 8.62. The molecule has 4 nitrogen and oxygen atoms in total. The Balaban J connectivity index is 2.49. The van der Waals surface area contributed by atoms with Gasteiger partial charge in [-0.1, -0.05) is 12.1 Å². The summed E-state index contributed by atoms with van der Waals surface area (Å²) in [4.78, 5) is 9.90. The molecule has 78 valence electrons. The van der Waals surface area contributed by atoms with Crippen molar-refractivity contribution in [3.63, 3.8) is 0 Å². The van der Waals surface area contributed by atoms with Gasteiger partial charge in [0.05, 0.1) is 12.6 Å². The Kier molecular flexibility index (Phi) is 4.32. The number of nitroso groups, excluding NO2 is 1. The molecule has 0 aliphatic heterocycles. The first-order chi connectivity index (χ1) is 6.77. The summed E-state index contributed by atoms with van der Waals surface area (Å²) in [5.74, 6) is 1.84. The molecule has 1 N–H and O–H groups in total. The van der Waals surface area contributed by atoms with E-state index in [1.165, 1.54) is 0 Å². The third kappa shape index (κ3) is 2.96. The molecule has 0 aromatic carbocycles. The summed E-state index contributed by atoms with van der Waals surface area (Å²) in [6.07, 6.45) is 0.936. The van der Waals surface area contributed by atoms with Gasteiger partial charge in [-0.3, -0.25) is 0 Å². The van der Waals surface area contributed by atoms with Crippen LogP contribution in [0.4, 0.5) is 0 Å². The summed E-state index contributed by atoms with van der Waals surface area (Å²) >= 11 is 0. The molecule has 1 atom stereocenters. The van der Waals surface area contributed by atoms with Crippen molar-refractivity contribution in [1.29, 1.82) is 0 Å². The van der Waals surface area contributed by atoms with E-state index in [4.69, 9.17) is 4.42 Å². The van der Waals surface area contributed by atoms with Crippen LogP contribution in [0.2, 0.25) is 0 Å². The number of aryl methyl sites for hydroxylation is 1. The Morgan fingerprint density at radius 1 is 1.57 bits per heavy atom. The van der Waals surface area contributed by atoms with Gasteiger partial charge in [0.15, 0.2) is 0 Å². The van der Waals surface area contributed by atoms with E-state index >= 15 is 0 Å². The maximum Gasteiger partial charge on any atom is 0.121 e. The molecule has 1 aromatic heterocycles. The van der Waals surface area contributed by atoms with Gasteiger partial charge in [-0.2, -0.15) is 4.91 Å². The lowest BCUT2D eigenvalue weighted by molar-refractivity contribution is 0.396. The van der Waals surface area contributed by atoms with Crippen LogP contribution in [-0.4, -0.2) is 13.1 Å². The molecule has 0 saturated heterocycles. The normalized spacial score (nSPS) is 12.7. The molecule has 1 heterocycles. The summed E-state index contributed by atoms with van der Waals surface area (Å²) in [5, 5.41) is 6.01. The van der Waals surface area contributed by atoms with Crippen LogP contribution in [0.25, 0.3) is 0 Å². The molecule has 4 heteroatoms. The average Bonchev–Trinajstić information content (AvgIpc) is 2.60. The first-order valence-corrected chi connectivity index (χ1v) is 4.86. The van der Waals surface area contributed by atoms with E-state index in [-0.39, 0.29) is 6.04 Å². The number of nitrogens with zero attached hydrogens (tertiary/aromatic N) is 1. The van der Waals surface area contributed by atoms with Crippen molar-refractivity contribution in [2.24, 2.45) is 5.18 Å². The Bertz CT molecular complexity index is 283. The fourth-order valence-corrected chi connectivity index (χ4v) is 1.37. The maximum absolute atomic E-state index is 9.90. The molecule has 0 radical (unpaired) electrons. The highest BCUT2D eigenvalue weighted by Gasteiger charge is 2.11. The van der Waals surface area contributed by atoms with Crippen molar-refractivity contribution in [3.8, 4) is 0 Å². The zero-order chi connectivity index (χ0) is 10.4. The van der Waals surface area contributed by atoms with E-state index in [0.29, 0.717) is 13.1 Å². The van der Waals surface area contributed by atoms with Crippen LogP contribution in [-0.2, 0) is 0 Å². The largest absolute Gasteiger partial charge is 0.465 e. The van der Waals surface area contributed by atoms with Crippen molar-refractivity contribution in [2.45, 2.75) is 26.3 Å². The van der Waals surface area contributed by atoms with Gasteiger partial charge in [-0.05, 0) is 25.5 Å². The monoisotopic (exact) mass is 196 g/mol. The highest BCUT2D eigenvalue weighted by Crippen LogP contribution is 2.18. The smallest absolute Gasteiger partial charge is 0.121 e. The summed E-state index contributed by atoms with van der Waals surface area (Å²) in [6.45, 7) is 4.89. The standard InChI is InChI=1S/C10H16N2O2/c1-3-9(11-6-7-12-13)10-5-4-8(2)14-10/h4-5,9,11H,3,6-7H2,1-2H3. The van der Waals surface area contributed by atoms with Crippen LogP contribution < -0.4 is 5.32 Å². The van der Waals surface area contributed by atoms with Crippen molar-refractivity contribution < 1.29 is 4.42 Å². The van der Waals surface area contributed by atoms with Gasteiger partial charge in [-0.25, -0.2) is 0 Å². The zero-order valence-corrected chi connectivity index (χ0v) is 8.62. The predicted octanol–water partition coefficient (Wildman–Crippen LogP) is 2.40. The second-order valence-electron chi connectivity index (χ2n) is 3.22. The lowest BCUT2D eigenvalue weighted by atomic mass is 10.2. The van der Waals surface area contributed by atoms with Crippen LogP contribution in [0.5, 0.6) is 0 Å². The number of hydrogen-bond donors (Lipinski definition) is 1. The molecule has 0 aliphatic rings. The van der Waals surface area contributed by atoms with Crippen LogP contribution in [0.15, 0.2) is 21.7 Å². The Labute approximate surface area is 83.7 Å². The van der Waals surface area contributed by atoms with Gasteiger partial charge in [0.1, 0.15) is 11.5 Å². The number of furan rings is 1. The first-order valence-electron chi connectivity index (χ1n) is 4.86. The second-order valence-corrected chi connectivity index (χ2v) is 3.22. The Morgan fingerprint density at radius 2 is 2.36 bits per heavy atom. The summed E-state index contributed by atoms with van der Waals surface area (Å²) in [5.41, 5.74) is 0. The van der Waals surface area contributed by atoms with Crippen molar-refractivity contribution >= 4 is 0 Å². The Hall–Kier alpha value is -1.16. The lowest BCUT2D eigenvalue weighted by Crippen LogP contribution is -2.23. The topological polar surface area (TPSA) is 54.6 Å². The number of nitrogens with one attached hydrogen (secondary N) is 1.